The molecule has 1 unspecified atom stereocenters. The number of aliphatic hydroxyl groups excluding tert-OH is 1. The van der Waals surface area contributed by atoms with Crippen LogP contribution in [0.15, 0.2) is 0 Å². The minimum atomic E-state index is -0.997. The van der Waals surface area contributed by atoms with Crippen molar-refractivity contribution in [2.75, 3.05) is 7.05 Å². The van der Waals surface area contributed by atoms with Crippen LogP contribution < -0.4 is 0 Å². The Balaban J connectivity index is 2.34. The van der Waals surface area contributed by atoms with Crippen molar-refractivity contribution in [3.05, 3.63) is 0 Å². The van der Waals surface area contributed by atoms with E-state index >= 15 is 0 Å². The van der Waals surface area contributed by atoms with Crippen molar-refractivity contribution < 1.29 is 9.90 Å². The van der Waals surface area contributed by atoms with Crippen molar-refractivity contribution in [3.63, 3.8) is 0 Å². The van der Waals surface area contributed by atoms with E-state index in [-0.39, 0.29) is 11.8 Å². The van der Waals surface area contributed by atoms with E-state index in [4.69, 9.17) is 11.6 Å². The molecule has 68 valence electrons. The lowest BCUT2D eigenvalue weighted by Crippen LogP contribution is -2.57. The van der Waals surface area contributed by atoms with Crippen molar-refractivity contribution in [1.29, 1.82) is 0 Å². The highest BCUT2D eigenvalue weighted by Crippen LogP contribution is 2.44. The van der Waals surface area contributed by atoms with Crippen LogP contribution in [0.2, 0.25) is 0 Å². The maximum absolute atomic E-state index is 11.2. The van der Waals surface area contributed by atoms with E-state index in [0.717, 1.165) is 6.42 Å². The van der Waals surface area contributed by atoms with Crippen LogP contribution in [0.5, 0.6) is 0 Å². The van der Waals surface area contributed by atoms with Gasteiger partial charge in [-0.25, -0.2) is 0 Å². The summed E-state index contributed by atoms with van der Waals surface area (Å²) in [6.07, 6.45) is 1.08. The number of carbonyl (C=O) groups is 1. The normalized spacial score (nSPS) is 48.4. The van der Waals surface area contributed by atoms with Gasteiger partial charge in [-0.3, -0.25) is 9.69 Å². The molecule has 2 aliphatic rings. The summed E-state index contributed by atoms with van der Waals surface area (Å²) in [5.41, 5.74) is 0. The summed E-state index contributed by atoms with van der Waals surface area (Å²) in [5, 5.41) is 9.57. The number of hydrogen-bond acceptors (Lipinski definition) is 3. The number of hydrogen-bond donors (Lipinski definition) is 1. The number of carbonyl (C=O) groups excluding carboxylic acids is 1. The van der Waals surface area contributed by atoms with Gasteiger partial charge in [-0.1, -0.05) is 11.6 Å². The Hall–Kier alpha value is -0.120. The Labute approximate surface area is 76.3 Å². The summed E-state index contributed by atoms with van der Waals surface area (Å²) in [6.45, 7) is 0. The van der Waals surface area contributed by atoms with E-state index < -0.39 is 11.1 Å². The van der Waals surface area contributed by atoms with Crippen molar-refractivity contribution in [1.82, 2.24) is 4.90 Å². The molecule has 0 aromatic carbocycles. The lowest BCUT2D eigenvalue weighted by atomic mass is 9.99. The van der Waals surface area contributed by atoms with Crippen LogP contribution in [0.4, 0.5) is 0 Å². The first-order valence-electron chi connectivity index (χ1n) is 4.18. The molecule has 0 saturated carbocycles. The number of ketones is 1. The zero-order valence-electron chi connectivity index (χ0n) is 6.96. The Morgan fingerprint density at radius 3 is 3.08 bits per heavy atom. The van der Waals surface area contributed by atoms with Gasteiger partial charge in [0.1, 0.15) is 11.1 Å². The molecule has 2 aliphatic heterocycles. The second-order valence-corrected chi connectivity index (χ2v) is 4.35. The number of Topliss-reactive ketones (excluding diaryl/α,β-unsaturated/α-hetero) is 1. The lowest BCUT2D eigenvalue weighted by Gasteiger charge is -2.40. The molecule has 3 nitrogen and oxygen atoms in total. The third-order valence-electron chi connectivity index (χ3n) is 3.12. The monoisotopic (exact) mass is 189 g/mol. The molecule has 12 heavy (non-hydrogen) atoms. The topological polar surface area (TPSA) is 40.5 Å². The van der Waals surface area contributed by atoms with Crippen LogP contribution in [0.1, 0.15) is 19.3 Å². The third kappa shape index (κ3) is 0.873. The molecule has 0 aliphatic carbocycles. The van der Waals surface area contributed by atoms with E-state index in [1.807, 2.05) is 11.9 Å². The van der Waals surface area contributed by atoms with Crippen LogP contribution >= 0.6 is 11.6 Å². The predicted molar refractivity (Wildman–Crippen MR) is 45.0 cm³/mol. The van der Waals surface area contributed by atoms with E-state index in [1.54, 1.807) is 0 Å². The molecule has 1 N–H and O–H groups in total. The Kier molecular flexibility index (Phi) is 1.72. The zero-order valence-corrected chi connectivity index (χ0v) is 7.71. The van der Waals surface area contributed by atoms with Crippen molar-refractivity contribution in [3.8, 4) is 0 Å². The van der Waals surface area contributed by atoms with Crippen LogP contribution in [0, 0.1) is 0 Å². The number of piperidine rings is 1. The molecule has 0 radical (unpaired) electrons. The van der Waals surface area contributed by atoms with Gasteiger partial charge in [0.2, 0.25) is 0 Å². The molecule has 2 saturated heterocycles. The molecule has 0 aromatic rings. The number of fused-ring (bicyclic) bond motifs is 2. The summed E-state index contributed by atoms with van der Waals surface area (Å²) >= 11 is 6.15. The Bertz CT molecular complexity index is 233. The highest BCUT2D eigenvalue weighted by Gasteiger charge is 2.54. The van der Waals surface area contributed by atoms with Gasteiger partial charge in [-0.2, -0.15) is 0 Å². The fraction of sp³-hybridized carbons (Fsp3) is 0.875. The Morgan fingerprint density at radius 1 is 1.75 bits per heavy atom. The molecule has 2 bridgehead atoms. The molecule has 0 amide bonds. The molecule has 0 aromatic heterocycles. The molecule has 0 spiro atoms. The van der Waals surface area contributed by atoms with Crippen molar-refractivity contribution in [2.24, 2.45) is 0 Å². The molecule has 3 atom stereocenters. The number of nitrogens with zero attached hydrogens (tertiary/aromatic N) is 1. The van der Waals surface area contributed by atoms with Crippen molar-refractivity contribution >= 4 is 17.4 Å². The maximum atomic E-state index is 11.2. The Morgan fingerprint density at radius 2 is 2.42 bits per heavy atom. The number of rotatable bonds is 0. The number of likely N-dealkylation sites (N-methyl/N-ethyl adjacent to an activating group) is 1. The van der Waals surface area contributed by atoms with Gasteiger partial charge in [0.15, 0.2) is 5.78 Å². The summed E-state index contributed by atoms with van der Waals surface area (Å²) in [6, 6.07) is 0.249. The first-order chi connectivity index (χ1) is 5.55. The molecular formula is C8H12ClNO2. The smallest absolute Gasteiger partial charge is 0.166 e. The average Bonchev–Trinajstić information content (AvgIpc) is 2.25. The van der Waals surface area contributed by atoms with E-state index in [1.165, 1.54) is 0 Å². The van der Waals surface area contributed by atoms with E-state index in [0.29, 0.717) is 12.8 Å². The van der Waals surface area contributed by atoms with Gasteiger partial charge in [0.25, 0.3) is 0 Å². The molecule has 2 fully saturated rings. The first kappa shape index (κ1) is 8.48. The van der Waals surface area contributed by atoms with Crippen molar-refractivity contribution in [2.45, 2.75) is 36.4 Å². The summed E-state index contributed by atoms with van der Waals surface area (Å²) in [7, 11) is 1.88. The SMILES string of the molecule is CN1[C@H]2CC[C@]1(Cl)C(O)C(=O)C2. The summed E-state index contributed by atoms with van der Waals surface area (Å²) < 4.78 is 0. The molecule has 2 rings (SSSR count). The van der Waals surface area contributed by atoms with Gasteiger partial charge in [-0.15, -0.1) is 0 Å². The quantitative estimate of drug-likeness (QED) is 0.442. The second-order valence-electron chi connectivity index (χ2n) is 3.69. The maximum Gasteiger partial charge on any atom is 0.166 e. The van der Waals surface area contributed by atoms with Gasteiger partial charge >= 0.3 is 0 Å². The zero-order chi connectivity index (χ0) is 8.93. The van der Waals surface area contributed by atoms with Gasteiger partial charge in [0.05, 0.1) is 0 Å². The van der Waals surface area contributed by atoms with Crippen LogP contribution in [0.3, 0.4) is 0 Å². The molecule has 4 heteroatoms. The van der Waals surface area contributed by atoms with E-state index in [2.05, 4.69) is 0 Å². The van der Waals surface area contributed by atoms with E-state index in [9.17, 15) is 9.90 Å². The van der Waals surface area contributed by atoms with Crippen LogP contribution in [-0.4, -0.2) is 40.0 Å². The van der Waals surface area contributed by atoms with Gasteiger partial charge < -0.3 is 5.11 Å². The largest absolute Gasteiger partial charge is 0.382 e. The fourth-order valence-corrected chi connectivity index (χ4v) is 2.57. The standard InChI is InChI=1S/C8H12ClNO2/c1-10-5-2-3-8(10,9)7(12)6(11)4-5/h5,7,12H,2-4H2,1H3/t5-,7?,8+/m0/s1. The third-order valence-corrected chi connectivity index (χ3v) is 3.79. The number of alkyl halides is 1. The van der Waals surface area contributed by atoms with Gasteiger partial charge in [0, 0.05) is 12.5 Å². The van der Waals surface area contributed by atoms with Gasteiger partial charge in [-0.05, 0) is 19.9 Å². The number of halogens is 1. The molecular weight excluding hydrogens is 178 g/mol. The first-order valence-corrected chi connectivity index (χ1v) is 4.56. The minimum Gasteiger partial charge on any atom is -0.382 e. The van der Waals surface area contributed by atoms with Crippen LogP contribution in [-0.2, 0) is 4.79 Å². The summed E-state index contributed by atoms with van der Waals surface area (Å²) in [4.78, 5) is 12.4. The second kappa shape index (κ2) is 2.44. The fourth-order valence-electron chi connectivity index (χ4n) is 2.20. The predicted octanol–water partition coefficient (Wildman–Crippen LogP) is 0.349. The minimum absolute atomic E-state index is 0.106. The summed E-state index contributed by atoms with van der Waals surface area (Å²) in [5.74, 6) is -0.106. The number of aliphatic hydroxyl groups is 1. The van der Waals surface area contributed by atoms with Crippen LogP contribution in [0.25, 0.3) is 0 Å². The average molecular weight is 190 g/mol. The highest BCUT2D eigenvalue weighted by atomic mass is 35.5. The highest BCUT2D eigenvalue weighted by molar-refractivity contribution is 6.26. The lowest BCUT2D eigenvalue weighted by molar-refractivity contribution is -0.137. The molecule has 2 heterocycles.